The second-order valence-corrected chi connectivity index (χ2v) is 3.57. The molecular formula is C8H4BrF3N2O3. The largest absolute Gasteiger partial charge is 0.478 e. The highest BCUT2D eigenvalue weighted by atomic mass is 79.9. The van der Waals surface area contributed by atoms with Gasteiger partial charge in [0.05, 0.1) is 17.4 Å². The molecule has 0 saturated heterocycles. The number of nitrogens with one attached hydrogen (secondary N) is 1. The van der Waals surface area contributed by atoms with Crippen molar-refractivity contribution >= 4 is 33.5 Å². The highest BCUT2D eigenvalue weighted by Gasteiger charge is 2.38. The van der Waals surface area contributed by atoms with Crippen molar-refractivity contribution in [2.24, 2.45) is 0 Å². The van der Waals surface area contributed by atoms with Gasteiger partial charge in [0.1, 0.15) is 4.60 Å². The van der Waals surface area contributed by atoms with Gasteiger partial charge in [-0.2, -0.15) is 13.2 Å². The summed E-state index contributed by atoms with van der Waals surface area (Å²) in [6.45, 7) is 0. The highest BCUT2D eigenvalue weighted by molar-refractivity contribution is 9.10. The number of carbonyl (C=O) groups is 2. The number of carbonyl (C=O) groups excluding carboxylic acids is 1. The van der Waals surface area contributed by atoms with Gasteiger partial charge in [-0.25, -0.2) is 9.78 Å². The fourth-order valence-corrected chi connectivity index (χ4v) is 1.25. The van der Waals surface area contributed by atoms with E-state index >= 15 is 0 Å². The lowest BCUT2D eigenvalue weighted by atomic mass is 10.2. The summed E-state index contributed by atoms with van der Waals surface area (Å²) in [4.78, 5) is 24.7. The molecular weight excluding hydrogens is 309 g/mol. The maximum absolute atomic E-state index is 11.9. The van der Waals surface area contributed by atoms with E-state index in [1.807, 2.05) is 0 Å². The summed E-state index contributed by atoms with van der Waals surface area (Å²) in [5.41, 5.74) is -0.710. The average Bonchev–Trinajstić information content (AvgIpc) is 2.19. The van der Waals surface area contributed by atoms with Crippen LogP contribution in [-0.2, 0) is 4.79 Å². The number of carboxylic acid groups (broad SMARTS) is 1. The van der Waals surface area contributed by atoms with Crippen LogP contribution in [-0.4, -0.2) is 28.1 Å². The molecule has 0 saturated carbocycles. The van der Waals surface area contributed by atoms with Crippen LogP contribution in [0, 0.1) is 0 Å². The first-order valence-corrected chi connectivity index (χ1v) is 4.78. The second kappa shape index (κ2) is 4.70. The van der Waals surface area contributed by atoms with Crippen LogP contribution in [0.1, 0.15) is 10.4 Å². The first-order chi connectivity index (χ1) is 7.71. The summed E-state index contributed by atoms with van der Waals surface area (Å²) < 4.78 is 35.7. The smallest absolute Gasteiger partial charge is 0.471 e. The second-order valence-electron chi connectivity index (χ2n) is 2.82. The normalized spacial score (nSPS) is 11.1. The molecule has 0 aromatic carbocycles. The molecule has 0 aliphatic carbocycles. The molecule has 2 N–H and O–H groups in total. The summed E-state index contributed by atoms with van der Waals surface area (Å²) in [7, 11) is 0. The Bertz CT molecular complexity index is 476. The molecule has 92 valence electrons. The van der Waals surface area contributed by atoms with Crippen molar-refractivity contribution < 1.29 is 27.9 Å². The van der Waals surface area contributed by atoms with E-state index in [2.05, 4.69) is 20.9 Å². The molecule has 0 aliphatic heterocycles. The number of aromatic nitrogens is 1. The molecule has 17 heavy (non-hydrogen) atoms. The number of anilines is 1. The number of carboxylic acids is 1. The third-order valence-corrected chi connectivity index (χ3v) is 2.22. The maximum Gasteiger partial charge on any atom is 0.471 e. The molecule has 0 spiro atoms. The zero-order valence-electron chi connectivity index (χ0n) is 7.88. The third-order valence-electron chi connectivity index (χ3n) is 1.58. The lowest BCUT2D eigenvalue weighted by molar-refractivity contribution is -0.167. The number of hydrogen-bond acceptors (Lipinski definition) is 3. The van der Waals surface area contributed by atoms with Crippen molar-refractivity contribution in [2.45, 2.75) is 6.18 Å². The van der Waals surface area contributed by atoms with E-state index in [9.17, 15) is 22.8 Å². The van der Waals surface area contributed by atoms with E-state index < -0.39 is 18.1 Å². The predicted octanol–water partition coefficient (Wildman–Crippen LogP) is 2.04. The number of nitrogens with zero attached hydrogens (tertiary/aromatic N) is 1. The fourth-order valence-electron chi connectivity index (χ4n) is 0.868. The van der Waals surface area contributed by atoms with Gasteiger partial charge < -0.3 is 10.4 Å². The van der Waals surface area contributed by atoms with Crippen LogP contribution in [0.3, 0.4) is 0 Å². The minimum atomic E-state index is -5.05. The molecule has 1 heterocycles. The van der Waals surface area contributed by atoms with E-state index in [-0.39, 0.29) is 15.9 Å². The van der Waals surface area contributed by atoms with E-state index in [1.54, 1.807) is 0 Å². The first-order valence-electron chi connectivity index (χ1n) is 3.99. The molecule has 5 nitrogen and oxygen atoms in total. The van der Waals surface area contributed by atoms with Crippen LogP contribution >= 0.6 is 15.9 Å². The zero-order chi connectivity index (χ0) is 13.2. The first kappa shape index (κ1) is 13.4. The van der Waals surface area contributed by atoms with Gasteiger partial charge in [-0.1, -0.05) is 0 Å². The van der Waals surface area contributed by atoms with Crippen molar-refractivity contribution in [3.63, 3.8) is 0 Å². The summed E-state index contributed by atoms with van der Waals surface area (Å²) in [6.07, 6.45) is -4.14. The fraction of sp³-hybridized carbons (Fsp3) is 0.125. The zero-order valence-corrected chi connectivity index (χ0v) is 9.46. The Kier molecular flexibility index (Phi) is 3.71. The summed E-state index contributed by atoms with van der Waals surface area (Å²) in [6, 6.07) is 0.864. The minimum Gasteiger partial charge on any atom is -0.478 e. The Balaban J connectivity index is 2.98. The molecule has 0 unspecified atom stereocenters. The Labute approximate surface area is 101 Å². The number of amides is 1. The number of alkyl halides is 3. The molecule has 1 amide bonds. The van der Waals surface area contributed by atoms with E-state index in [0.717, 1.165) is 12.3 Å². The van der Waals surface area contributed by atoms with E-state index in [0.29, 0.717) is 0 Å². The van der Waals surface area contributed by atoms with Crippen molar-refractivity contribution in [3.8, 4) is 0 Å². The van der Waals surface area contributed by atoms with Crippen LogP contribution in [0.15, 0.2) is 16.9 Å². The van der Waals surface area contributed by atoms with E-state index in [4.69, 9.17) is 5.11 Å². The molecule has 0 atom stereocenters. The van der Waals surface area contributed by atoms with Gasteiger partial charge in [0.2, 0.25) is 0 Å². The standard InChI is InChI=1S/C8H4BrF3N2O3/c9-5-4(6(15)16)1-3(2-13-5)14-7(17)8(10,11)12/h1-2H,(H,14,17)(H,15,16). The number of hydrogen-bond donors (Lipinski definition) is 2. The number of rotatable bonds is 2. The minimum absolute atomic E-state index is 0.0463. The maximum atomic E-state index is 11.9. The SMILES string of the molecule is O=C(O)c1cc(NC(=O)C(F)(F)F)cnc1Br. The van der Waals surface area contributed by atoms with Crippen LogP contribution in [0.4, 0.5) is 18.9 Å². The van der Waals surface area contributed by atoms with E-state index in [1.165, 1.54) is 5.32 Å². The third kappa shape index (κ3) is 3.41. The quantitative estimate of drug-likeness (QED) is 0.819. The predicted molar refractivity (Wildman–Crippen MR) is 53.6 cm³/mol. The molecule has 0 fully saturated rings. The monoisotopic (exact) mass is 312 g/mol. The van der Waals surface area contributed by atoms with Crippen LogP contribution in [0.25, 0.3) is 0 Å². The number of pyridine rings is 1. The number of halogens is 4. The van der Waals surface area contributed by atoms with Gasteiger partial charge in [0, 0.05) is 0 Å². The Morgan fingerprint density at radius 1 is 1.41 bits per heavy atom. The van der Waals surface area contributed by atoms with Gasteiger partial charge in [-0.05, 0) is 22.0 Å². The molecule has 1 aromatic rings. The molecule has 0 radical (unpaired) electrons. The summed E-state index contributed by atoms with van der Waals surface area (Å²) in [5, 5.41) is 10.2. The van der Waals surface area contributed by atoms with Gasteiger partial charge in [-0.3, -0.25) is 4.79 Å². The topological polar surface area (TPSA) is 79.3 Å². The molecule has 0 bridgehead atoms. The Morgan fingerprint density at radius 2 is 2.00 bits per heavy atom. The highest BCUT2D eigenvalue weighted by Crippen LogP contribution is 2.21. The van der Waals surface area contributed by atoms with Crippen molar-refractivity contribution in [2.75, 3.05) is 5.32 Å². The van der Waals surface area contributed by atoms with Crippen LogP contribution < -0.4 is 5.32 Å². The summed E-state index contributed by atoms with van der Waals surface area (Å²) in [5.74, 6) is -3.58. The van der Waals surface area contributed by atoms with Crippen molar-refractivity contribution in [1.29, 1.82) is 0 Å². The van der Waals surface area contributed by atoms with Gasteiger partial charge >= 0.3 is 18.1 Å². The van der Waals surface area contributed by atoms with Gasteiger partial charge in [-0.15, -0.1) is 0 Å². The molecule has 1 rings (SSSR count). The summed E-state index contributed by atoms with van der Waals surface area (Å²) >= 11 is 2.81. The van der Waals surface area contributed by atoms with Crippen LogP contribution in [0.2, 0.25) is 0 Å². The van der Waals surface area contributed by atoms with Crippen LogP contribution in [0.5, 0.6) is 0 Å². The molecule has 0 aliphatic rings. The lowest BCUT2D eigenvalue weighted by Crippen LogP contribution is -2.30. The lowest BCUT2D eigenvalue weighted by Gasteiger charge is -2.08. The Morgan fingerprint density at radius 3 is 2.47 bits per heavy atom. The average molecular weight is 313 g/mol. The van der Waals surface area contributed by atoms with Crippen molar-refractivity contribution in [1.82, 2.24) is 4.98 Å². The molecule has 9 heteroatoms. The van der Waals surface area contributed by atoms with Gasteiger partial charge in [0.25, 0.3) is 0 Å². The Hall–Kier alpha value is -1.64. The molecule has 1 aromatic heterocycles. The van der Waals surface area contributed by atoms with Gasteiger partial charge in [0.15, 0.2) is 0 Å². The van der Waals surface area contributed by atoms with Crippen molar-refractivity contribution in [3.05, 3.63) is 22.4 Å². The number of aromatic carboxylic acids is 1.